The van der Waals surface area contributed by atoms with Gasteiger partial charge in [0.25, 0.3) is 0 Å². The van der Waals surface area contributed by atoms with E-state index in [1.165, 1.54) is 28.3 Å². The molecule has 10 nitrogen and oxygen atoms in total. The van der Waals surface area contributed by atoms with E-state index in [-0.39, 0.29) is 24.3 Å². The van der Waals surface area contributed by atoms with Crippen molar-refractivity contribution in [3.8, 4) is 0 Å². The van der Waals surface area contributed by atoms with Gasteiger partial charge in [-0.25, -0.2) is 14.8 Å². The highest BCUT2D eigenvalue weighted by molar-refractivity contribution is 5.90. The van der Waals surface area contributed by atoms with Gasteiger partial charge >= 0.3 is 6.03 Å². The Morgan fingerprint density at radius 1 is 1.18 bits per heavy atom. The van der Waals surface area contributed by atoms with Gasteiger partial charge in [-0.2, -0.15) is 9.90 Å². The van der Waals surface area contributed by atoms with E-state index < -0.39 is 0 Å². The lowest BCUT2D eigenvalue weighted by molar-refractivity contribution is -0.117. The molecule has 0 aromatic carbocycles. The van der Waals surface area contributed by atoms with E-state index in [1.54, 1.807) is 21.0 Å². The molecule has 0 aliphatic carbocycles. The largest absolute Gasteiger partial charge is 0.331 e. The molecule has 0 spiro atoms. The van der Waals surface area contributed by atoms with Crippen LogP contribution < -0.4 is 10.6 Å². The third-order valence-corrected chi connectivity index (χ3v) is 2.53. The lowest BCUT2D eigenvalue weighted by Crippen LogP contribution is -2.27. The van der Waals surface area contributed by atoms with Crippen molar-refractivity contribution in [1.29, 1.82) is 0 Å². The quantitative estimate of drug-likeness (QED) is 0.827. The third-order valence-electron chi connectivity index (χ3n) is 2.53. The summed E-state index contributed by atoms with van der Waals surface area (Å²) in [5.74, 6) is 0.562. The maximum Gasteiger partial charge on any atom is 0.322 e. The summed E-state index contributed by atoms with van der Waals surface area (Å²) < 4.78 is 0. The predicted octanol–water partition coefficient (Wildman–Crippen LogP) is 0.109. The second kappa shape index (κ2) is 6.61. The van der Waals surface area contributed by atoms with Crippen molar-refractivity contribution in [2.45, 2.75) is 13.5 Å². The molecule has 0 aliphatic heterocycles. The van der Waals surface area contributed by atoms with Gasteiger partial charge in [0.1, 0.15) is 12.4 Å². The Hall–Kier alpha value is -3.04. The summed E-state index contributed by atoms with van der Waals surface area (Å²) in [6.45, 7) is 1.66. The number of hydrogen-bond acceptors (Lipinski definition) is 6. The summed E-state index contributed by atoms with van der Waals surface area (Å²) in [5, 5.41) is 13.0. The minimum atomic E-state index is -0.326. The number of carbonyl (C=O) groups excluding carboxylic acids is 2. The van der Waals surface area contributed by atoms with Gasteiger partial charge in [-0.05, 0) is 6.92 Å². The van der Waals surface area contributed by atoms with E-state index in [9.17, 15) is 9.59 Å². The van der Waals surface area contributed by atoms with Gasteiger partial charge in [0.2, 0.25) is 5.91 Å². The Bertz CT molecular complexity index is 664. The second-order valence-electron chi connectivity index (χ2n) is 4.65. The fraction of sp³-hybridized carbons (Fsp3) is 0.333. The number of nitrogens with zero attached hydrogens (tertiary/aromatic N) is 6. The Labute approximate surface area is 126 Å². The van der Waals surface area contributed by atoms with Crippen LogP contribution in [0.25, 0.3) is 0 Å². The summed E-state index contributed by atoms with van der Waals surface area (Å²) in [7, 11) is 3.22. The first kappa shape index (κ1) is 15.4. The maximum absolute atomic E-state index is 11.8. The molecule has 2 aromatic rings. The number of carbonyl (C=O) groups is 2. The van der Waals surface area contributed by atoms with Crippen LogP contribution in [0.5, 0.6) is 0 Å². The van der Waals surface area contributed by atoms with E-state index in [1.807, 2.05) is 0 Å². The minimum Gasteiger partial charge on any atom is -0.331 e. The van der Waals surface area contributed by atoms with Crippen molar-refractivity contribution in [2.24, 2.45) is 0 Å². The zero-order valence-corrected chi connectivity index (χ0v) is 12.4. The van der Waals surface area contributed by atoms with E-state index in [0.29, 0.717) is 11.5 Å². The maximum atomic E-state index is 11.8. The summed E-state index contributed by atoms with van der Waals surface area (Å²) in [4.78, 5) is 33.8. The SMILES string of the molecule is Cc1ncc(NC(=O)Cn2ncc(NC(=O)N(C)C)n2)cn1. The van der Waals surface area contributed by atoms with Crippen molar-refractivity contribution in [3.63, 3.8) is 0 Å². The third kappa shape index (κ3) is 4.23. The van der Waals surface area contributed by atoms with E-state index in [4.69, 9.17) is 0 Å². The van der Waals surface area contributed by atoms with Gasteiger partial charge in [0, 0.05) is 14.1 Å². The van der Waals surface area contributed by atoms with Gasteiger partial charge in [0.15, 0.2) is 5.82 Å². The first-order valence-corrected chi connectivity index (χ1v) is 6.41. The van der Waals surface area contributed by atoms with Crippen molar-refractivity contribution in [2.75, 3.05) is 24.7 Å². The Balaban J connectivity index is 1.90. The average Bonchev–Trinajstić information content (AvgIpc) is 2.88. The van der Waals surface area contributed by atoms with Crippen LogP contribution in [0.4, 0.5) is 16.3 Å². The fourth-order valence-corrected chi connectivity index (χ4v) is 1.44. The minimum absolute atomic E-state index is 0.0916. The number of nitrogens with one attached hydrogen (secondary N) is 2. The molecule has 22 heavy (non-hydrogen) atoms. The summed E-state index contributed by atoms with van der Waals surface area (Å²) >= 11 is 0. The number of amides is 3. The first-order valence-electron chi connectivity index (χ1n) is 6.41. The van der Waals surface area contributed by atoms with Crippen LogP contribution in [-0.4, -0.2) is 55.9 Å². The van der Waals surface area contributed by atoms with E-state index >= 15 is 0 Å². The Morgan fingerprint density at radius 2 is 1.86 bits per heavy atom. The molecule has 0 fully saturated rings. The molecule has 2 N–H and O–H groups in total. The molecule has 0 saturated heterocycles. The number of rotatable bonds is 4. The van der Waals surface area contributed by atoms with Crippen LogP contribution in [0.2, 0.25) is 0 Å². The van der Waals surface area contributed by atoms with Crippen LogP contribution in [-0.2, 0) is 11.3 Å². The number of aryl methyl sites for hydroxylation is 1. The molecule has 0 unspecified atom stereocenters. The molecule has 0 saturated carbocycles. The molecule has 2 heterocycles. The standard InChI is InChI=1S/C12H16N8O2/c1-8-13-4-9(5-14-8)16-11(21)7-20-15-6-10(18-20)17-12(22)19(2)3/h4-6H,7H2,1-3H3,(H,16,21)(H,17,18,22). The van der Waals surface area contributed by atoms with Crippen LogP contribution >= 0.6 is 0 Å². The van der Waals surface area contributed by atoms with E-state index in [0.717, 1.165) is 0 Å². The summed E-state index contributed by atoms with van der Waals surface area (Å²) in [6.07, 6.45) is 4.39. The van der Waals surface area contributed by atoms with E-state index in [2.05, 4.69) is 30.8 Å². The van der Waals surface area contributed by atoms with Crippen LogP contribution in [0, 0.1) is 6.92 Å². The summed E-state index contributed by atoms with van der Waals surface area (Å²) in [5.41, 5.74) is 0.490. The smallest absolute Gasteiger partial charge is 0.322 e. The molecule has 116 valence electrons. The fourth-order valence-electron chi connectivity index (χ4n) is 1.44. The molecular weight excluding hydrogens is 288 g/mol. The van der Waals surface area contributed by atoms with Crippen LogP contribution in [0.1, 0.15) is 5.82 Å². The lowest BCUT2D eigenvalue weighted by Gasteiger charge is -2.09. The molecule has 0 aliphatic rings. The van der Waals surface area contributed by atoms with Crippen molar-refractivity contribution < 1.29 is 9.59 Å². The van der Waals surface area contributed by atoms with Gasteiger partial charge in [0.05, 0.1) is 24.3 Å². The number of hydrogen-bond donors (Lipinski definition) is 2. The monoisotopic (exact) mass is 304 g/mol. The van der Waals surface area contributed by atoms with Crippen molar-refractivity contribution in [3.05, 3.63) is 24.4 Å². The normalized spacial score (nSPS) is 10.1. The molecule has 10 heteroatoms. The van der Waals surface area contributed by atoms with Crippen LogP contribution in [0.15, 0.2) is 18.6 Å². The highest BCUT2D eigenvalue weighted by atomic mass is 16.2. The number of aromatic nitrogens is 5. The zero-order chi connectivity index (χ0) is 16.1. The highest BCUT2D eigenvalue weighted by Crippen LogP contribution is 2.03. The number of anilines is 2. The molecular formula is C12H16N8O2. The Kier molecular flexibility index (Phi) is 4.61. The van der Waals surface area contributed by atoms with Gasteiger partial charge in [-0.1, -0.05) is 0 Å². The van der Waals surface area contributed by atoms with Crippen LogP contribution in [0.3, 0.4) is 0 Å². The second-order valence-corrected chi connectivity index (χ2v) is 4.65. The number of urea groups is 1. The molecule has 3 amide bonds. The topological polar surface area (TPSA) is 118 Å². The van der Waals surface area contributed by atoms with Gasteiger partial charge in [-0.3, -0.25) is 10.1 Å². The summed E-state index contributed by atoms with van der Waals surface area (Å²) in [6, 6.07) is -0.326. The molecule has 0 atom stereocenters. The predicted molar refractivity (Wildman–Crippen MR) is 78.1 cm³/mol. The molecule has 2 rings (SSSR count). The molecule has 2 aromatic heterocycles. The van der Waals surface area contributed by atoms with Crippen molar-refractivity contribution >= 4 is 23.4 Å². The highest BCUT2D eigenvalue weighted by Gasteiger charge is 2.10. The van der Waals surface area contributed by atoms with Gasteiger partial charge in [-0.15, -0.1) is 5.10 Å². The molecule has 0 radical (unpaired) electrons. The van der Waals surface area contributed by atoms with Gasteiger partial charge < -0.3 is 10.2 Å². The zero-order valence-electron chi connectivity index (χ0n) is 12.4. The average molecular weight is 304 g/mol. The molecule has 0 bridgehead atoms. The van der Waals surface area contributed by atoms with Crippen molar-refractivity contribution in [1.82, 2.24) is 29.9 Å². The Morgan fingerprint density at radius 3 is 2.50 bits per heavy atom. The lowest BCUT2D eigenvalue weighted by atomic mass is 10.5. The first-order chi connectivity index (χ1) is 10.4.